The normalized spacial score (nSPS) is 11.6. The largest absolute Gasteiger partial charge is 0.480 e. The lowest BCUT2D eigenvalue weighted by atomic mass is 10.2. The van der Waals surface area contributed by atoms with E-state index in [4.69, 9.17) is 10.8 Å². The number of nitrogens with two attached hydrogens (primary N) is 1. The standard InChI is InChI=1S/C10H12N4O6/c11-6(15)3-5(10(19)20)12-8(17)4-14-9(18)2-1-7(16)13-14/h1-2,5H,3-4H2,(H2,11,15)(H,12,17)(H,13,16)(H,19,20). The fourth-order valence-corrected chi connectivity index (χ4v) is 1.36. The van der Waals surface area contributed by atoms with E-state index in [-0.39, 0.29) is 0 Å². The second kappa shape index (κ2) is 6.31. The predicted molar refractivity (Wildman–Crippen MR) is 64.7 cm³/mol. The summed E-state index contributed by atoms with van der Waals surface area (Å²) in [7, 11) is 0. The molecule has 0 aliphatic rings. The summed E-state index contributed by atoms with van der Waals surface area (Å²) in [6.07, 6.45) is -0.582. The molecule has 10 heteroatoms. The van der Waals surface area contributed by atoms with Crippen molar-refractivity contribution < 1.29 is 19.5 Å². The van der Waals surface area contributed by atoms with Crippen LogP contribution in [0.4, 0.5) is 0 Å². The van der Waals surface area contributed by atoms with E-state index in [0.717, 1.165) is 12.1 Å². The average Bonchev–Trinajstić information content (AvgIpc) is 2.32. The maximum atomic E-state index is 11.6. The van der Waals surface area contributed by atoms with Crippen molar-refractivity contribution in [2.24, 2.45) is 5.73 Å². The van der Waals surface area contributed by atoms with Crippen molar-refractivity contribution in [1.82, 2.24) is 15.1 Å². The van der Waals surface area contributed by atoms with Crippen LogP contribution in [-0.4, -0.2) is 38.7 Å². The Hall–Kier alpha value is -2.91. The van der Waals surface area contributed by atoms with Gasteiger partial charge in [0.25, 0.3) is 11.1 Å². The Morgan fingerprint density at radius 3 is 2.55 bits per heavy atom. The van der Waals surface area contributed by atoms with Gasteiger partial charge in [0.05, 0.1) is 6.42 Å². The van der Waals surface area contributed by atoms with E-state index in [1.165, 1.54) is 0 Å². The average molecular weight is 284 g/mol. The fraction of sp³-hybridized carbons (Fsp3) is 0.300. The Bertz CT molecular complexity index is 646. The van der Waals surface area contributed by atoms with E-state index >= 15 is 0 Å². The van der Waals surface area contributed by atoms with E-state index < -0.39 is 47.9 Å². The third kappa shape index (κ3) is 4.40. The van der Waals surface area contributed by atoms with E-state index in [1.54, 1.807) is 0 Å². The molecular weight excluding hydrogens is 272 g/mol. The number of nitrogens with zero attached hydrogens (tertiary/aromatic N) is 1. The number of carbonyl (C=O) groups is 3. The van der Waals surface area contributed by atoms with Gasteiger partial charge in [-0.05, 0) is 0 Å². The molecule has 10 nitrogen and oxygen atoms in total. The molecule has 1 aromatic heterocycles. The highest BCUT2D eigenvalue weighted by atomic mass is 16.4. The van der Waals surface area contributed by atoms with Crippen molar-refractivity contribution in [2.75, 3.05) is 0 Å². The number of amides is 2. The van der Waals surface area contributed by atoms with Crippen molar-refractivity contribution in [3.63, 3.8) is 0 Å². The SMILES string of the molecule is NC(=O)CC(NC(=O)Cn1[nH]c(=O)ccc1=O)C(=O)O. The smallest absolute Gasteiger partial charge is 0.326 e. The maximum Gasteiger partial charge on any atom is 0.326 e. The van der Waals surface area contributed by atoms with Gasteiger partial charge < -0.3 is 16.2 Å². The van der Waals surface area contributed by atoms with Crippen molar-refractivity contribution in [3.05, 3.63) is 32.8 Å². The second-order valence-corrected chi connectivity index (χ2v) is 3.86. The topological polar surface area (TPSA) is 164 Å². The van der Waals surface area contributed by atoms with Crippen molar-refractivity contribution in [3.8, 4) is 0 Å². The molecule has 1 rings (SSSR count). The Labute approximate surface area is 111 Å². The van der Waals surface area contributed by atoms with Gasteiger partial charge in [-0.25, -0.2) is 9.48 Å². The zero-order valence-corrected chi connectivity index (χ0v) is 10.2. The van der Waals surface area contributed by atoms with Crippen LogP contribution in [0.15, 0.2) is 21.7 Å². The van der Waals surface area contributed by atoms with Crippen LogP contribution in [0.5, 0.6) is 0 Å². The van der Waals surface area contributed by atoms with E-state index in [9.17, 15) is 24.0 Å². The first-order chi connectivity index (χ1) is 9.29. The summed E-state index contributed by atoms with van der Waals surface area (Å²) in [4.78, 5) is 55.3. The number of H-pyrrole nitrogens is 1. The molecule has 0 aliphatic heterocycles. The van der Waals surface area contributed by atoms with Crippen LogP contribution in [0.25, 0.3) is 0 Å². The minimum absolute atomic E-state index is 0.582. The number of hydrogen-bond acceptors (Lipinski definition) is 5. The lowest BCUT2D eigenvalue weighted by Crippen LogP contribution is -2.46. The summed E-state index contributed by atoms with van der Waals surface area (Å²) < 4.78 is 0.709. The number of nitrogens with one attached hydrogen (secondary N) is 2. The summed E-state index contributed by atoms with van der Waals surface area (Å²) >= 11 is 0. The van der Waals surface area contributed by atoms with Gasteiger partial charge in [-0.3, -0.25) is 24.3 Å². The zero-order valence-electron chi connectivity index (χ0n) is 10.2. The lowest BCUT2D eigenvalue weighted by Gasteiger charge is -2.13. The number of aromatic amines is 1. The molecule has 2 amide bonds. The van der Waals surface area contributed by atoms with Gasteiger partial charge in [-0.2, -0.15) is 0 Å². The molecule has 1 heterocycles. The first-order valence-corrected chi connectivity index (χ1v) is 5.40. The molecule has 0 bridgehead atoms. The molecule has 108 valence electrons. The molecule has 0 saturated carbocycles. The molecule has 0 radical (unpaired) electrons. The first kappa shape index (κ1) is 15.1. The highest BCUT2D eigenvalue weighted by molar-refractivity contribution is 5.87. The molecule has 1 unspecified atom stereocenters. The lowest BCUT2D eigenvalue weighted by molar-refractivity contribution is -0.143. The monoisotopic (exact) mass is 284 g/mol. The number of rotatable bonds is 6. The van der Waals surface area contributed by atoms with Gasteiger partial charge in [-0.15, -0.1) is 0 Å². The molecular formula is C10H12N4O6. The number of aliphatic carboxylic acids is 1. The fourth-order valence-electron chi connectivity index (χ4n) is 1.36. The van der Waals surface area contributed by atoms with Gasteiger partial charge in [-0.1, -0.05) is 0 Å². The predicted octanol–water partition coefficient (Wildman–Crippen LogP) is -3.02. The van der Waals surface area contributed by atoms with E-state index in [0.29, 0.717) is 4.68 Å². The summed E-state index contributed by atoms with van der Waals surface area (Å²) in [6, 6.07) is 0.458. The highest BCUT2D eigenvalue weighted by Crippen LogP contribution is 1.92. The summed E-state index contributed by atoms with van der Waals surface area (Å²) in [5.41, 5.74) is 3.62. The van der Waals surface area contributed by atoms with Crippen molar-refractivity contribution in [2.45, 2.75) is 19.0 Å². The molecule has 0 fully saturated rings. The Balaban J connectivity index is 2.78. The second-order valence-electron chi connectivity index (χ2n) is 3.86. The Kier molecular flexibility index (Phi) is 4.78. The van der Waals surface area contributed by atoms with Gasteiger partial charge >= 0.3 is 5.97 Å². The Morgan fingerprint density at radius 2 is 2.00 bits per heavy atom. The van der Waals surface area contributed by atoms with Crippen molar-refractivity contribution in [1.29, 1.82) is 0 Å². The molecule has 20 heavy (non-hydrogen) atoms. The number of carbonyl (C=O) groups excluding carboxylic acids is 2. The van der Waals surface area contributed by atoms with Crippen LogP contribution >= 0.6 is 0 Å². The molecule has 0 aromatic carbocycles. The number of carboxylic acid groups (broad SMARTS) is 1. The minimum Gasteiger partial charge on any atom is -0.480 e. The highest BCUT2D eigenvalue weighted by Gasteiger charge is 2.22. The summed E-state index contributed by atoms with van der Waals surface area (Å²) in [5, 5.41) is 12.9. The van der Waals surface area contributed by atoms with Crippen molar-refractivity contribution >= 4 is 17.8 Å². The minimum atomic E-state index is -1.49. The van der Waals surface area contributed by atoms with E-state index in [1.807, 2.05) is 5.32 Å². The zero-order chi connectivity index (χ0) is 15.3. The third-order valence-electron chi connectivity index (χ3n) is 2.23. The number of hydrogen-bond donors (Lipinski definition) is 4. The summed E-state index contributed by atoms with van der Waals surface area (Å²) in [6.45, 7) is -0.586. The number of aromatic nitrogens is 2. The van der Waals surface area contributed by atoms with Crippen LogP contribution in [0.1, 0.15) is 6.42 Å². The van der Waals surface area contributed by atoms with Crippen LogP contribution in [0.2, 0.25) is 0 Å². The molecule has 0 saturated heterocycles. The quantitative estimate of drug-likeness (QED) is 0.434. The molecule has 0 spiro atoms. The van der Waals surface area contributed by atoms with E-state index in [2.05, 4.69) is 5.10 Å². The summed E-state index contributed by atoms with van der Waals surface area (Å²) in [5.74, 6) is -3.20. The number of carboxylic acids is 1. The molecule has 0 aliphatic carbocycles. The number of primary amides is 1. The third-order valence-corrected chi connectivity index (χ3v) is 2.23. The molecule has 5 N–H and O–H groups in total. The van der Waals surface area contributed by atoms with Crippen LogP contribution in [-0.2, 0) is 20.9 Å². The molecule has 1 aromatic rings. The van der Waals surface area contributed by atoms with Gasteiger partial charge in [0.15, 0.2) is 0 Å². The van der Waals surface area contributed by atoms with Crippen LogP contribution < -0.4 is 22.2 Å². The van der Waals surface area contributed by atoms with Crippen LogP contribution in [0, 0.1) is 0 Å². The Morgan fingerprint density at radius 1 is 1.35 bits per heavy atom. The van der Waals surface area contributed by atoms with Crippen LogP contribution in [0.3, 0.4) is 0 Å². The maximum absolute atomic E-state index is 11.6. The van der Waals surface area contributed by atoms with Gasteiger partial charge in [0.2, 0.25) is 11.8 Å². The van der Waals surface area contributed by atoms with Gasteiger partial charge in [0, 0.05) is 12.1 Å². The molecule has 1 atom stereocenters. The first-order valence-electron chi connectivity index (χ1n) is 5.40. The van der Waals surface area contributed by atoms with Gasteiger partial charge in [0.1, 0.15) is 12.6 Å².